The zero-order valence-electron chi connectivity index (χ0n) is 10.3. The zero-order valence-corrected chi connectivity index (χ0v) is 12.7. The lowest BCUT2D eigenvalue weighted by Crippen LogP contribution is -2.11. The maximum absolute atomic E-state index is 13.9. The van der Waals surface area contributed by atoms with Crippen molar-refractivity contribution < 1.29 is 4.39 Å². The van der Waals surface area contributed by atoms with Gasteiger partial charge in [-0.3, -0.25) is 0 Å². The van der Waals surface area contributed by atoms with E-state index in [4.69, 9.17) is 0 Å². The third-order valence-electron chi connectivity index (χ3n) is 2.60. The lowest BCUT2D eigenvalue weighted by molar-refractivity contribution is 0.630. The first-order valence-corrected chi connectivity index (χ1v) is 7.35. The second-order valence-electron chi connectivity index (χ2n) is 3.90. The Kier molecular flexibility index (Phi) is 4.48. The predicted molar refractivity (Wildman–Crippen MR) is 77.3 cm³/mol. The molecule has 2 nitrogen and oxygen atoms in total. The van der Waals surface area contributed by atoms with Gasteiger partial charge in [0.05, 0.1) is 11.3 Å². The Labute approximate surface area is 118 Å². The number of thiazole rings is 1. The molecule has 0 fully saturated rings. The Morgan fingerprint density at radius 1 is 1.44 bits per heavy atom. The van der Waals surface area contributed by atoms with Crippen molar-refractivity contribution in [1.82, 2.24) is 10.3 Å². The molecule has 1 aromatic carbocycles. The van der Waals surface area contributed by atoms with Crippen molar-refractivity contribution in [3.05, 3.63) is 39.1 Å². The number of aromatic nitrogens is 1. The molecule has 0 aliphatic rings. The van der Waals surface area contributed by atoms with Crippen molar-refractivity contribution in [2.45, 2.75) is 20.4 Å². The van der Waals surface area contributed by atoms with E-state index < -0.39 is 0 Å². The van der Waals surface area contributed by atoms with Crippen molar-refractivity contribution in [2.24, 2.45) is 0 Å². The van der Waals surface area contributed by atoms with E-state index in [1.807, 2.05) is 13.0 Å². The molecule has 1 heterocycles. The van der Waals surface area contributed by atoms with Gasteiger partial charge in [-0.1, -0.05) is 13.0 Å². The van der Waals surface area contributed by atoms with E-state index in [1.165, 1.54) is 17.4 Å². The van der Waals surface area contributed by atoms with Gasteiger partial charge < -0.3 is 5.32 Å². The highest BCUT2D eigenvalue weighted by Gasteiger charge is 2.15. The van der Waals surface area contributed by atoms with E-state index in [-0.39, 0.29) is 5.82 Å². The molecule has 0 spiro atoms. The van der Waals surface area contributed by atoms with E-state index in [2.05, 4.69) is 33.2 Å². The fraction of sp³-hybridized carbons (Fsp3) is 0.308. The van der Waals surface area contributed by atoms with Crippen molar-refractivity contribution in [1.29, 1.82) is 0 Å². The second kappa shape index (κ2) is 5.91. The molecular weight excluding hydrogens is 315 g/mol. The van der Waals surface area contributed by atoms with Gasteiger partial charge in [0.1, 0.15) is 10.8 Å². The van der Waals surface area contributed by atoms with Gasteiger partial charge >= 0.3 is 0 Å². The molecule has 0 aliphatic carbocycles. The van der Waals surface area contributed by atoms with Crippen LogP contribution >= 0.6 is 27.3 Å². The summed E-state index contributed by atoms with van der Waals surface area (Å²) in [6.45, 7) is 5.72. The molecule has 0 bridgehead atoms. The summed E-state index contributed by atoms with van der Waals surface area (Å²) in [7, 11) is 0. The van der Waals surface area contributed by atoms with Crippen LogP contribution in [0.15, 0.2) is 22.7 Å². The van der Waals surface area contributed by atoms with E-state index in [9.17, 15) is 4.39 Å². The number of nitrogens with one attached hydrogen (secondary N) is 1. The predicted octanol–water partition coefficient (Wildman–Crippen LogP) is 4.13. The lowest BCUT2D eigenvalue weighted by Gasteiger charge is -2.01. The summed E-state index contributed by atoms with van der Waals surface area (Å²) in [5, 5.41) is 3.99. The Hall–Kier alpha value is -0.780. The normalized spacial score (nSPS) is 10.9. The number of halogens is 2. The smallest absolute Gasteiger partial charge is 0.134 e. The molecule has 1 N–H and O–H groups in total. The van der Waals surface area contributed by atoms with Crippen LogP contribution in [0.1, 0.15) is 17.5 Å². The minimum Gasteiger partial charge on any atom is -0.312 e. The van der Waals surface area contributed by atoms with Gasteiger partial charge in [-0.25, -0.2) is 9.37 Å². The average Bonchev–Trinajstić information content (AvgIpc) is 2.67. The van der Waals surface area contributed by atoms with E-state index in [0.29, 0.717) is 5.56 Å². The molecule has 0 atom stereocenters. The Morgan fingerprint density at radius 3 is 2.89 bits per heavy atom. The minimum absolute atomic E-state index is 0.242. The van der Waals surface area contributed by atoms with Gasteiger partial charge in [0.15, 0.2) is 0 Å². The number of nitrogens with zero attached hydrogens (tertiary/aromatic N) is 1. The van der Waals surface area contributed by atoms with Gasteiger partial charge in [-0.15, -0.1) is 11.3 Å². The molecule has 0 saturated heterocycles. The number of hydrogen-bond acceptors (Lipinski definition) is 3. The van der Waals surface area contributed by atoms with Gasteiger partial charge in [0.2, 0.25) is 0 Å². The Balaban J connectivity index is 2.40. The van der Waals surface area contributed by atoms with E-state index >= 15 is 0 Å². The SMILES string of the molecule is CCNCc1sc(-c2c(F)cccc2Br)nc1C. The molecule has 2 aromatic rings. The number of benzene rings is 1. The largest absolute Gasteiger partial charge is 0.312 e. The average molecular weight is 329 g/mol. The standard InChI is InChI=1S/C13H14BrFN2S/c1-3-16-7-11-8(2)17-13(18-11)12-9(14)5-4-6-10(12)15/h4-6,16H,3,7H2,1-2H3. The second-order valence-corrected chi connectivity index (χ2v) is 5.84. The highest BCUT2D eigenvalue weighted by atomic mass is 79.9. The maximum Gasteiger partial charge on any atom is 0.134 e. The van der Waals surface area contributed by atoms with Gasteiger partial charge in [-0.2, -0.15) is 0 Å². The fourth-order valence-corrected chi connectivity index (χ4v) is 3.39. The van der Waals surface area contributed by atoms with Gasteiger partial charge in [0.25, 0.3) is 0 Å². The van der Waals surface area contributed by atoms with Crippen LogP contribution in [0.5, 0.6) is 0 Å². The summed E-state index contributed by atoms with van der Waals surface area (Å²) in [5.41, 5.74) is 1.51. The van der Waals surface area contributed by atoms with Crippen molar-refractivity contribution in [2.75, 3.05) is 6.54 Å². The zero-order chi connectivity index (χ0) is 13.1. The van der Waals surface area contributed by atoms with Crippen LogP contribution < -0.4 is 5.32 Å². The fourth-order valence-electron chi connectivity index (χ4n) is 1.64. The molecule has 1 aromatic heterocycles. The van der Waals surface area contributed by atoms with Crippen LogP contribution in [0.2, 0.25) is 0 Å². The minimum atomic E-state index is -0.242. The van der Waals surface area contributed by atoms with Crippen molar-refractivity contribution in [3.63, 3.8) is 0 Å². The quantitative estimate of drug-likeness (QED) is 0.912. The van der Waals surface area contributed by atoms with Gasteiger partial charge in [0, 0.05) is 15.9 Å². The summed E-state index contributed by atoms with van der Waals surface area (Å²) in [6.07, 6.45) is 0. The first kappa shape index (κ1) is 13.6. The Morgan fingerprint density at radius 2 is 2.22 bits per heavy atom. The van der Waals surface area contributed by atoms with E-state index in [0.717, 1.165) is 33.1 Å². The molecule has 18 heavy (non-hydrogen) atoms. The molecule has 0 amide bonds. The van der Waals surface area contributed by atoms with Crippen LogP contribution in [0.4, 0.5) is 4.39 Å². The molecule has 96 valence electrons. The topological polar surface area (TPSA) is 24.9 Å². The molecule has 0 aliphatic heterocycles. The van der Waals surface area contributed by atoms with Crippen molar-refractivity contribution >= 4 is 27.3 Å². The van der Waals surface area contributed by atoms with Crippen LogP contribution in [-0.2, 0) is 6.54 Å². The van der Waals surface area contributed by atoms with E-state index in [1.54, 1.807) is 6.07 Å². The Bertz CT molecular complexity index is 534. The highest BCUT2D eigenvalue weighted by Crippen LogP contribution is 2.34. The lowest BCUT2D eigenvalue weighted by atomic mass is 10.2. The molecule has 0 saturated carbocycles. The maximum atomic E-state index is 13.9. The third-order valence-corrected chi connectivity index (χ3v) is 4.44. The van der Waals surface area contributed by atoms with Crippen LogP contribution in [0, 0.1) is 12.7 Å². The third kappa shape index (κ3) is 2.79. The van der Waals surface area contributed by atoms with Crippen molar-refractivity contribution in [3.8, 4) is 10.6 Å². The monoisotopic (exact) mass is 328 g/mol. The number of aryl methyl sites for hydroxylation is 1. The first-order chi connectivity index (χ1) is 8.63. The number of rotatable bonds is 4. The summed E-state index contributed by atoms with van der Waals surface area (Å²) >= 11 is 4.92. The molecule has 0 unspecified atom stereocenters. The molecule has 2 rings (SSSR count). The molecule has 0 radical (unpaired) electrons. The molecule has 5 heteroatoms. The summed E-state index contributed by atoms with van der Waals surface area (Å²) < 4.78 is 14.6. The van der Waals surface area contributed by atoms with Crippen LogP contribution in [0.3, 0.4) is 0 Å². The summed E-state index contributed by atoms with van der Waals surface area (Å²) in [5.74, 6) is -0.242. The van der Waals surface area contributed by atoms with Gasteiger partial charge in [-0.05, 0) is 41.5 Å². The van der Waals surface area contributed by atoms with Crippen LogP contribution in [0.25, 0.3) is 10.6 Å². The highest BCUT2D eigenvalue weighted by molar-refractivity contribution is 9.10. The summed E-state index contributed by atoms with van der Waals surface area (Å²) in [6, 6.07) is 4.98. The first-order valence-electron chi connectivity index (χ1n) is 5.75. The summed E-state index contributed by atoms with van der Waals surface area (Å²) in [4.78, 5) is 5.62. The molecular formula is C13H14BrFN2S. The number of hydrogen-bond donors (Lipinski definition) is 1. The van der Waals surface area contributed by atoms with Crippen LogP contribution in [-0.4, -0.2) is 11.5 Å².